The van der Waals surface area contributed by atoms with Gasteiger partial charge in [0.1, 0.15) is 12.1 Å². The highest BCUT2D eigenvalue weighted by Crippen LogP contribution is 2.15. The molecule has 1 fully saturated rings. The molecule has 7 heteroatoms. The summed E-state index contributed by atoms with van der Waals surface area (Å²) in [5, 5.41) is 5.51. The van der Waals surface area contributed by atoms with Crippen LogP contribution in [0.2, 0.25) is 0 Å². The molecule has 2 aromatic rings. The number of carbonyl (C=O) groups excluding carboxylic acids is 3. The zero-order valence-electron chi connectivity index (χ0n) is 12.9. The van der Waals surface area contributed by atoms with Crippen LogP contribution in [0.25, 0.3) is 0 Å². The van der Waals surface area contributed by atoms with Gasteiger partial charge in [0.25, 0.3) is 5.91 Å². The van der Waals surface area contributed by atoms with Crippen LogP contribution in [0.3, 0.4) is 0 Å². The number of amides is 2. The van der Waals surface area contributed by atoms with Crippen LogP contribution in [0.15, 0.2) is 42.6 Å². The van der Waals surface area contributed by atoms with Gasteiger partial charge in [0.05, 0.1) is 18.4 Å². The highest BCUT2D eigenvalue weighted by molar-refractivity contribution is 6.04. The Balaban J connectivity index is 1.65. The van der Waals surface area contributed by atoms with E-state index < -0.39 is 0 Å². The van der Waals surface area contributed by atoms with Crippen LogP contribution < -0.4 is 15.5 Å². The Hall–Kier alpha value is -3.22. The molecule has 1 saturated heterocycles. The van der Waals surface area contributed by atoms with Crippen molar-refractivity contribution in [3.05, 3.63) is 53.7 Å². The van der Waals surface area contributed by atoms with Gasteiger partial charge in [0.2, 0.25) is 5.91 Å². The van der Waals surface area contributed by atoms with Gasteiger partial charge in [-0.1, -0.05) is 12.1 Å². The number of carbonyl (C=O) groups is 3. The Labute approximate surface area is 138 Å². The van der Waals surface area contributed by atoms with Crippen molar-refractivity contribution in [3.63, 3.8) is 0 Å². The summed E-state index contributed by atoms with van der Waals surface area (Å²) in [7, 11) is 0. The van der Waals surface area contributed by atoms with Gasteiger partial charge in [-0.15, -0.1) is 0 Å². The highest BCUT2D eigenvalue weighted by Gasteiger charge is 2.17. The number of hydrogen-bond donors (Lipinski definition) is 2. The fourth-order valence-corrected chi connectivity index (χ4v) is 2.40. The monoisotopic (exact) mass is 324 g/mol. The third-order valence-electron chi connectivity index (χ3n) is 3.68. The first-order valence-electron chi connectivity index (χ1n) is 7.50. The van der Waals surface area contributed by atoms with Crippen molar-refractivity contribution in [1.29, 1.82) is 0 Å². The van der Waals surface area contributed by atoms with Crippen molar-refractivity contribution in [2.75, 3.05) is 29.9 Å². The van der Waals surface area contributed by atoms with E-state index in [4.69, 9.17) is 0 Å². The van der Waals surface area contributed by atoms with Crippen LogP contribution >= 0.6 is 0 Å². The third-order valence-corrected chi connectivity index (χ3v) is 3.68. The fraction of sp³-hybridized carbons (Fsp3) is 0.176. The normalized spacial score (nSPS) is 14.0. The lowest BCUT2D eigenvalue weighted by Gasteiger charge is -2.27. The Bertz CT molecular complexity index is 756. The Morgan fingerprint density at radius 1 is 1.21 bits per heavy atom. The summed E-state index contributed by atoms with van der Waals surface area (Å²) in [4.78, 5) is 40.4. The van der Waals surface area contributed by atoms with Gasteiger partial charge < -0.3 is 15.5 Å². The molecule has 0 aliphatic carbocycles. The van der Waals surface area contributed by atoms with E-state index in [9.17, 15) is 14.4 Å². The molecule has 2 heterocycles. The second kappa shape index (κ2) is 6.91. The fourth-order valence-electron chi connectivity index (χ4n) is 2.40. The number of anilines is 2. The molecule has 1 aliphatic heterocycles. The van der Waals surface area contributed by atoms with Gasteiger partial charge in [-0.05, 0) is 24.3 Å². The summed E-state index contributed by atoms with van der Waals surface area (Å²) >= 11 is 0. The highest BCUT2D eigenvalue weighted by atomic mass is 16.2. The summed E-state index contributed by atoms with van der Waals surface area (Å²) in [5.41, 5.74) is 1.53. The lowest BCUT2D eigenvalue weighted by molar-refractivity contribution is -0.120. The first-order valence-corrected chi connectivity index (χ1v) is 7.50. The number of piperazine rings is 1. The van der Waals surface area contributed by atoms with Crippen LogP contribution in [-0.2, 0) is 4.79 Å². The van der Waals surface area contributed by atoms with Crippen LogP contribution in [0, 0.1) is 0 Å². The van der Waals surface area contributed by atoms with Gasteiger partial charge in [0, 0.05) is 24.2 Å². The minimum Gasteiger partial charge on any atom is -0.353 e. The molecule has 1 aliphatic rings. The van der Waals surface area contributed by atoms with E-state index in [0.717, 1.165) is 6.29 Å². The Morgan fingerprint density at radius 3 is 2.62 bits per heavy atom. The lowest BCUT2D eigenvalue weighted by Crippen LogP contribution is -2.48. The van der Waals surface area contributed by atoms with Crippen molar-refractivity contribution in [2.24, 2.45) is 0 Å². The number of nitrogens with zero attached hydrogens (tertiary/aromatic N) is 2. The number of rotatable bonds is 4. The van der Waals surface area contributed by atoms with Crippen LogP contribution in [0.5, 0.6) is 0 Å². The molecule has 1 aromatic heterocycles. The number of hydrogen-bond acceptors (Lipinski definition) is 5. The number of aldehydes is 1. The summed E-state index contributed by atoms with van der Waals surface area (Å²) in [6.45, 7) is 1.57. The van der Waals surface area contributed by atoms with Crippen molar-refractivity contribution in [3.8, 4) is 0 Å². The molecule has 0 saturated carbocycles. The van der Waals surface area contributed by atoms with E-state index in [2.05, 4.69) is 15.6 Å². The number of pyridine rings is 1. The van der Waals surface area contributed by atoms with E-state index in [1.165, 1.54) is 0 Å². The largest absolute Gasteiger partial charge is 0.353 e. The standard InChI is InChI=1S/C17H16N4O3/c22-11-12-1-3-13(4-2-12)17(24)20-14-5-6-15(19-9-14)21-8-7-18-16(23)10-21/h1-6,9,11H,7-8,10H2,(H,18,23)(H,20,24). The lowest BCUT2D eigenvalue weighted by atomic mass is 10.1. The molecule has 7 nitrogen and oxygen atoms in total. The molecule has 122 valence electrons. The summed E-state index contributed by atoms with van der Waals surface area (Å²) < 4.78 is 0. The number of benzene rings is 1. The van der Waals surface area contributed by atoms with Crippen LogP contribution in [0.4, 0.5) is 11.5 Å². The predicted molar refractivity (Wildman–Crippen MR) is 89.2 cm³/mol. The molecule has 1 aromatic carbocycles. The number of nitrogens with one attached hydrogen (secondary N) is 2. The molecule has 0 radical (unpaired) electrons. The van der Waals surface area contributed by atoms with Gasteiger partial charge in [-0.2, -0.15) is 0 Å². The van der Waals surface area contributed by atoms with Crippen molar-refractivity contribution in [1.82, 2.24) is 10.3 Å². The topological polar surface area (TPSA) is 91.4 Å². The second-order valence-corrected chi connectivity index (χ2v) is 5.37. The molecule has 0 bridgehead atoms. The molecule has 2 amide bonds. The van der Waals surface area contributed by atoms with E-state index in [1.54, 1.807) is 42.6 Å². The van der Waals surface area contributed by atoms with Crippen molar-refractivity contribution in [2.45, 2.75) is 0 Å². The Morgan fingerprint density at radius 2 is 2.00 bits per heavy atom. The second-order valence-electron chi connectivity index (χ2n) is 5.37. The molecule has 0 spiro atoms. The van der Waals surface area contributed by atoms with Crippen molar-refractivity contribution < 1.29 is 14.4 Å². The zero-order valence-corrected chi connectivity index (χ0v) is 12.9. The van der Waals surface area contributed by atoms with Crippen LogP contribution in [0.1, 0.15) is 20.7 Å². The van der Waals surface area contributed by atoms with E-state index in [-0.39, 0.29) is 18.4 Å². The number of aromatic nitrogens is 1. The third kappa shape index (κ3) is 3.57. The summed E-state index contributed by atoms with van der Waals surface area (Å²) in [5.74, 6) is 0.386. The molecule has 0 unspecified atom stereocenters. The minimum absolute atomic E-state index is 0.0285. The first-order chi connectivity index (χ1) is 11.7. The minimum atomic E-state index is -0.278. The zero-order chi connectivity index (χ0) is 16.9. The maximum absolute atomic E-state index is 12.2. The maximum Gasteiger partial charge on any atom is 0.255 e. The van der Waals surface area contributed by atoms with Gasteiger partial charge in [-0.25, -0.2) is 4.98 Å². The van der Waals surface area contributed by atoms with Gasteiger partial charge in [0.15, 0.2) is 0 Å². The predicted octanol–water partition coefficient (Wildman–Crippen LogP) is 1.08. The first kappa shape index (κ1) is 15.7. The van der Waals surface area contributed by atoms with E-state index in [1.807, 2.05) is 4.90 Å². The average molecular weight is 324 g/mol. The Kier molecular flexibility index (Phi) is 4.51. The molecule has 0 atom stereocenters. The molecular formula is C17H16N4O3. The summed E-state index contributed by atoms with van der Waals surface area (Å²) in [6.07, 6.45) is 2.28. The molecule has 2 N–H and O–H groups in total. The van der Waals surface area contributed by atoms with E-state index in [0.29, 0.717) is 35.7 Å². The quantitative estimate of drug-likeness (QED) is 0.821. The van der Waals surface area contributed by atoms with Gasteiger partial charge in [-0.3, -0.25) is 14.4 Å². The summed E-state index contributed by atoms with van der Waals surface area (Å²) in [6, 6.07) is 9.87. The average Bonchev–Trinajstić information content (AvgIpc) is 2.62. The van der Waals surface area contributed by atoms with Crippen LogP contribution in [-0.4, -0.2) is 42.7 Å². The van der Waals surface area contributed by atoms with Crippen molar-refractivity contribution >= 4 is 29.6 Å². The molecule has 24 heavy (non-hydrogen) atoms. The molecular weight excluding hydrogens is 308 g/mol. The maximum atomic E-state index is 12.2. The smallest absolute Gasteiger partial charge is 0.255 e. The SMILES string of the molecule is O=Cc1ccc(C(=O)Nc2ccc(N3CCNC(=O)C3)nc2)cc1. The van der Waals surface area contributed by atoms with E-state index >= 15 is 0 Å². The molecule has 3 rings (SSSR count). The van der Waals surface area contributed by atoms with Gasteiger partial charge >= 0.3 is 0 Å².